The quantitative estimate of drug-likeness (QED) is 0.423. The third kappa shape index (κ3) is 4.67. The van der Waals surface area contributed by atoms with Crippen molar-refractivity contribution in [1.82, 2.24) is 5.43 Å². The fraction of sp³-hybridized carbons (Fsp3) is 0.174. The van der Waals surface area contributed by atoms with Crippen molar-refractivity contribution in [2.24, 2.45) is 5.10 Å². The molecule has 6 nitrogen and oxygen atoms in total. The van der Waals surface area contributed by atoms with E-state index in [4.69, 9.17) is 39.2 Å². The maximum atomic E-state index is 12.8. The molecule has 0 atom stereocenters. The molecule has 0 saturated carbocycles. The van der Waals surface area contributed by atoms with Crippen molar-refractivity contribution in [3.05, 3.63) is 85.7 Å². The number of benzene rings is 2. The molecular formula is C23H18Cl3N3O3. The number of fused-ring (bicyclic) bond motifs is 1. The van der Waals surface area contributed by atoms with Crippen molar-refractivity contribution in [2.75, 3.05) is 5.32 Å². The van der Waals surface area contributed by atoms with Gasteiger partial charge in [-0.25, -0.2) is 5.43 Å². The van der Waals surface area contributed by atoms with Gasteiger partial charge in [-0.1, -0.05) is 34.8 Å². The van der Waals surface area contributed by atoms with Crippen molar-refractivity contribution in [1.29, 1.82) is 0 Å². The summed E-state index contributed by atoms with van der Waals surface area (Å²) in [6, 6.07) is 11.4. The average molecular weight is 491 g/mol. The van der Waals surface area contributed by atoms with E-state index in [1.165, 1.54) is 0 Å². The van der Waals surface area contributed by atoms with Gasteiger partial charge in [-0.2, -0.15) is 5.10 Å². The Kier molecular flexibility index (Phi) is 6.55. The molecule has 0 bridgehead atoms. The molecule has 1 aromatic heterocycles. The lowest BCUT2D eigenvalue weighted by atomic mass is 9.93. The Morgan fingerprint density at radius 1 is 0.969 bits per heavy atom. The maximum Gasteiger partial charge on any atom is 0.291 e. The molecule has 0 unspecified atom stereocenters. The number of rotatable bonds is 4. The Morgan fingerprint density at radius 3 is 2.44 bits per heavy atom. The predicted octanol–water partition coefficient (Wildman–Crippen LogP) is 6.27. The Hall–Kier alpha value is -2.80. The average Bonchev–Trinajstić information content (AvgIpc) is 3.12. The fourth-order valence-corrected chi connectivity index (χ4v) is 3.97. The summed E-state index contributed by atoms with van der Waals surface area (Å²) in [6.07, 6.45) is 2.13. The number of nitrogens with one attached hydrogen (secondary N) is 2. The minimum absolute atomic E-state index is 0.194. The van der Waals surface area contributed by atoms with Crippen molar-refractivity contribution in [3.8, 4) is 0 Å². The normalized spacial score (nSPS) is 14.2. The van der Waals surface area contributed by atoms with Gasteiger partial charge in [-0.05, 0) is 62.2 Å². The standard InChI is InChI=1S/C23H18Cl3N3O3/c1-12-20-18(28-29-22(30)13-5-7-14(24)8-6-13)3-2-4-19(20)32-21(12)23(31)27-15-9-10-16(25)17(26)11-15/h5-11H,2-4H2,1H3,(H,27,31)(H,29,30)/b28-18+. The fourth-order valence-electron chi connectivity index (χ4n) is 3.54. The second-order valence-corrected chi connectivity index (χ2v) is 8.55. The molecule has 2 aromatic carbocycles. The van der Waals surface area contributed by atoms with Gasteiger partial charge in [0.15, 0.2) is 5.76 Å². The van der Waals surface area contributed by atoms with E-state index in [0.29, 0.717) is 56.2 Å². The first kappa shape index (κ1) is 22.4. The van der Waals surface area contributed by atoms with Gasteiger partial charge in [0.1, 0.15) is 5.76 Å². The lowest BCUT2D eigenvalue weighted by Gasteiger charge is -2.13. The summed E-state index contributed by atoms with van der Waals surface area (Å²) in [5, 5.41) is 8.38. The second-order valence-electron chi connectivity index (χ2n) is 7.30. The summed E-state index contributed by atoms with van der Waals surface area (Å²) < 4.78 is 5.88. The lowest BCUT2D eigenvalue weighted by Crippen LogP contribution is -2.22. The molecule has 0 radical (unpaired) electrons. The number of anilines is 1. The van der Waals surface area contributed by atoms with E-state index in [2.05, 4.69) is 15.8 Å². The van der Waals surface area contributed by atoms with Gasteiger partial charge < -0.3 is 9.73 Å². The number of nitrogens with zero attached hydrogens (tertiary/aromatic N) is 1. The van der Waals surface area contributed by atoms with Crippen LogP contribution in [0.1, 0.15) is 50.6 Å². The van der Waals surface area contributed by atoms with Crippen LogP contribution in [0.3, 0.4) is 0 Å². The highest BCUT2D eigenvalue weighted by atomic mass is 35.5. The first-order valence-electron chi connectivity index (χ1n) is 9.85. The topological polar surface area (TPSA) is 83.7 Å². The van der Waals surface area contributed by atoms with Gasteiger partial charge >= 0.3 is 0 Å². The number of hydrazone groups is 1. The molecular weight excluding hydrogens is 473 g/mol. The third-order valence-corrected chi connectivity index (χ3v) is 6.10. The van der Waals surface area contributed by atoms with Crippen LogP contribution in [-0.4, -0.2) is 17.5 Å². The summed E-state index contributed by atoms with van der Waals surface area (Å²) in [4.78, 5) is 25.2. The van der Waals surface area contributed by atoms with Crippen LogP contribution >= 0.6 is 34.8 Å². The summed E-state index contributed by atoms with van der Waals surface area (Å²) >= 11 is 17.8. The monoisotopic (exact) mass is 489 g/mol. The highest BCUT2D eigenvalue weighted by Crippen LogP contribution is 2.31. The molecule has 0 aliphatic heterocycles. The number of aryl methyl sites for hydroxylation is 1. The van der Waals surface area contributed by atoms with Crippen LogP contribution in [0, 0.1) is 6.92 Å². The molecule has 2 amide bonds. The van der Waals surface area contributed by atoms with E-state index in [0.717, 1.165) is 12.0 Å². The third-order valence-electron chi connectivity index (χ3n) is 5.11. The van der Waals surface area contributed by atoms with E-state index >= 15 is 0 Å². The molecule has 3 aromatic rings. The van der Waals surface area contributed by atoms with Crippen molar-refractivity contribution < 1.29 is 14.0 Å². The van der Waals surface area contributed by atoms with E-state index < -0.39 is 5.91 Å². The first-order chi connectivity index (χ1) is 15.3. The largest absolute Gasteiger partial charge is 0.455 e. The number of carbonyl (C=O) groups excluding carboxylic acids is 2. The van der Waals surface area contributed by atoms with Crippen LogP contribution in [0.4, 0.5) is 5.69 Å². The number of furan rings is 1. The Bertz CT molecular complexity index is 1230. The van der Waals surface area contributed by atoms with Crippen LogP contribution in [0.5, 0.6) is 0 Å². The van der Waals surface area contributed by atoms with Crippen molar-refractivity contribution in [3.63, 3.8) is 0 Å². The molecule has 4 rings (SSSR count). The maximum absolute atomic E-state index is 12.8. The molecule has 0 fully saturated rings. The van der Waals surface area contributed by atoms with Crippen LogP contribution in [0.25, 0.3) is 0 Å². The Labute approximate surface area is 199 Å². The van der Waals surface area contributed by atoms with E-state index in [9.17, 15) is 9.59 Å². The molecule has 1 aliphatic carbocycles. The zero-order chi connectivity index (χ0) is 22.8. The van der Waals surface area contributed by atoms with Gasteiger partial charge in [-0.15, -0.1) is 0 Å². The van der Waals surface area contributed by atoms with Crippen molar-refractivity contribution >= 4 is 58.0 Å². The van der Waals surface area contributed by atoms with Gasteiger partial charge in [0.05, 0.1) is 15.8 Å². The van der Waals surface area contributed by atoms with Crippen molar-refractivity contribution in [2.45, 2.75) is 26.2 Å². The van der Waals surface area contributed by atoms with Gasteiger partial charge in [-0.3, -0.25) is 9.59 Å². The second kappa shape index (κ2) is 9.36. The number of hydrogen-bond acceptors (Lipinski definition) is 4. The van der Waals surface area contributed by atoms with Gasteiger partial charge in [0.2, 0.25) is 0 Å². The van der Waals surface area contributed by atoms with E-state index in [1.807, 2.05) is 0 Å². The van der Waals surface area contributed by atoms with Crippen LogP contribution in [-0.2, 0) is 6.42 Å². The molecule has 1 heterocycles. The molecule has 164 valence electrons. The zero-order valence-electron chi connectivity index (χ0n) is 17.0. The minimum atomic E-state index is -0.403. The van der Waals surface area contributed by atoms with Gasteiger partial charge in [0.25, 0.3) is 11.8 Å². The number of halogens is 3. The number of carbonyl (C=O) groups is 2. The van der Waals surface area contributed by atoms with Crippen LogP contribution in [0.2, 0.25) is 15.1 Å². The molecule has 2 N–H and O–H groups in total. The summed E-state index contributed by atoms with van der Waals surface area (Å²) in [5.74, 6) is 0.118. The number of amides is 2. The smallest absolute Gasteiger partial charge is 0.291 e. The zero-order valence-corrected chi connectivity index (χ0v) is 19.2. The highest BCUT2D eigenvalue weighted by molar-refractivity contribution is 6.42. The predicted molar refractivity (Wildman–Crippen MR) is 126 cm³/mol. The summed E-state index contributed by atoms with van der Waals surface area (Å²) in [5.41, 5.74) is 5.62. The summed E-state index contributed by atoms with van der Waals surface area (Å²) in [7, 11) is 0. The van der Waals surface area contributed by atoms with Crippen LogP contribution in [0.15, 0.2) is 52.0 Å². The Balaban J connectivity index is 1.56. The SMILES string of the molecule is Cc1c(C(=O)Nc2ccc(Cl)c(Cl)c2)oc2c1/C(=N/NC(=O)c1ccc(Cl)cc1)CCC2. The summed E-state index contributed by atoms with van der Waals surface area (Å²) in [6.45, 7) is 1.80. The lowest BCUT2D eigenvalue weighted by molar-refractivity contribution is 0.0953. The Morgan fingerprint density at radius 2 is 1.72 bits per heavy atom. The highest BCUT2D eigenvalue weighted by Gasteiger charge is 2.28. The minimum Gasteiger partial charge on any atom is -0.455 e. The number of hydrogen-bond donors (Lipinski definition) is 2. The molecule has 1 aliphatic rings. The van der Waals surface area contributed by atoms with E-state index in [-0.39, 0.29) is 11.7 Å². The van der Waals surface area contributed by atoms with E-state index in [1.54, 1.807) is 49.4 Å². The first-order valence-corrected chi connectivity index (χ1v) is 11.0. The molecule has 0 saturated heterocycles. The molecule has 32 heavy (non-hydrogen) atoms. The molecule has 0 spiro atoms. The molecule has 9 heteroatoms. The van der Waals surface area contributed by atoms with Gasteiger partial charge in [0, 0.05) is 33.8 Å². The van der Waals surface area contributed by atoms with Crippen LogP contribution < -0.4 is 10.7 Å².